The third kappa shape index (κ3) is 5.41. The van der Waals surface area contributed by atoms with Gasteiger partial charge in [-0.3, -0.25) is 39.3 Å². The number of rotatable bonds is 8. The fourth-order valence-electron chi connectivity index (χ4n) is 5.74. The summed E-state index contributed by atoms with van der Waals surface area (Å²) < 4.78 is 101. The Balaban J connectivity index is 1.28. The second-order valence-electron chi connectivity index (χ2n) is 11.0. The summed E-state index contributed by atoms with van der Waals surface area (Å²) >= 11 is 0. The van der Waals surface area contributed by atoms with Gasteiger partial charge >= 0.3 is 12.4 Å². The van der Waals surface area contributed by atoms with Crippen molar-refractivity contribution in [3.05, 3.63) is 33.4 Å². The average Bonchev–Trinajstić information content (AvgIpc) is 3.74. The highest BCUT2D eigenvalue weighted by molar-refractivity contribution is 5.71. The Hall–Kier alpha value is -4.40. The summed E-state index contributed by atoms with van der Waals surface area (Å²) in [6.07, 6.45) is -21.1. The molecule has 6 rings (SSSR count). The molecule has 2 fully saturated rings. The summed E-state index contributed by atoms with van der Waals surface area (Å²) in [7, 11) is 0. The molecule has 0 aromatic carbocycles. The largest absolute Gasteiger partial charge is 0.429 e. The molecule has 11 N–H and O–H groups in total. The van der Waals surface area contributed by atoms with Gasteiger partial charge in [0, 0.05) is 13.0 Å². The number of hydrogen-bond donors (Lipinski definition) is 9. The van der Waals surface area contributed by atoms with E-state index < -0.39 is 91.1 Å². The molecule has 1 unspecified atom stereocenters. The standard InChI is InChI=1S/C23H26F6N12O7/c24-22(25,26)21(23(27,28)29,34-2-7-6(43)1-9(47-7)40-4-32-11-14(40)35-19(30)37-16(11)45)39-10-8(3-42)48-18(13(10)44)41-5-33-12-15(41)36-20(31)38-17(12)46/h4-10,13,18,34,39,42-44H,1-3H2,(H3,30,35,37,45)(H3,31,36,38,46)/t6-,7+,8+,9+,10?,13+,18+/m0/s1. The smallest absolute Gasteiger partial charge is 0.394 e. The van der Waals surface area contributed by atoms with Crippen molar-refractivity contribution < 1.29 is 51.1 Å². The van der Waals surface area contributed by atoms with Gasteiger partial charge in [-0.25, -0.2) is 9.97 Å². The average molecular weight is 697 g/mol. The summed E-state index contributed by atoms with van der Waals surface area (Å²) in [5.41, 5.74) is 3.61. The van der Waals surface area contributed by atoms with Crippen molar-refractivity contribution in [2.45, 2.75) is 67.3 Å². The molecule has 0 radical (unpaired) electrons. The van der Waals surface area contributed by atoms with Gasteiger partial charge in [-0.2, -0.15) is 36.3 Å². The third-order valence-corrected chi connectivity index (χ3v) is 8.05. The normalized spacial score (nSPS) is 27.1. The highest BCUT2D eigenvalue weighted by atomic mass is 19.4. The van der Waals surface area contributed by atoms with Crippen molar-refractivity contribution in [2.24, 2.45) is 0 Å². The van der Waals surface area contributed by atoms with E-state index in [9.17, 15) is 51.3 Å². The van der Waals surface area contributed by atoms with Gasteiger partial charge in [0.25, 0.3) is 16.8 Å². The molecule has 48 heavy (non-hydrogen) atoms. The number of fused-ring (bicyclic) bond motifs is 2. The van der Waals surface area contributed by atoms with Gasteiger partial charge in [-0.15, -0.1) is 0 Å². The lowest BCUT2D eigenvalue weighted by Gasteiger charge is -2.42. The molecule has 4 aromatic heterocycles. The first-order valence-corrected chi connectivity index (χ1v) is 13.8. The molecule has 0 saturated carbocycles. The monoisotopic (exact) mass is 696 g/mol. The van der Waals surface area contributed by atoms with Gasteiger partial charge in [0.05, 0.1) is 37.5 Å². The van der Waals surface area contributed by atoms with Crippen LogP contribution >= 0.6 is 0 Å². The highest BCUT2D eigenvalue weighted by Crippen LogP contribution is 2.44. The molecular weight excluding hydrogens is 670 g/mol. The maximum absolute atomic E-state index is 14.6. The Labute approximate surface area is 260 Å². The maximum Gasteiger partial charge on any atom is 0.429 e. The van der Waals surface area contributed by atoms with Gasteiger partial charge in [0.15, 0.2) is 28.6 Å². The van der Waals surface area contributed by atoms with Crippen LogP contribution in [0.15, 0.2) is 22.2 Å². The lowest BCUT2D eigenvalue weighted by molar-refractivity contribution is -0.322. The van der Waals surface area contributed by atoms with Crippen molar-refractivity contribution in [1.82, 2.24) is 49.7 Å². The van der Waals surface area contributed by atoms with Crippen LogP contribution in [0.2, 0.25) is 0 Å². The van der Waals surface area contributed by atoms with E-state index >= 15 is 0 Å². The van der Waals surface area contributed by atoms with E-state index in [0.29, 0.717) is 0 Å². The number of nitrogen functional groups attached to an aromatic ring is 2. The summed E-state index contributed by atoms with van der Waals surface area (Å²) in [6, 6.07) is -2.26. The lowest BCUT2D eigenvalue weighted by Crippen LogP contribution is -2.78. The van der Waals surface area contributed by atoms with E-state index in [2.05, 4.69) is 29.9 Å². The number of anilines is 2. The lowest BCUT2D eigenvalue weighted by atomic mass is 10.0. The van der Waals surface area contributed by atoms with Crippen LogP contribution in [-0.4, -0.2) is 116 Å². The van der Waals surface area contributed by atoms with Crippen LogP contribution in [0.25, 0.3) is 22.3 Å². The Morgan fingerprint density at radius 1 is 0.896 bits per heavy atom. The molecule has 0 bridgehead atoms. The molecule has 262 valence electrons. The van der Waals surface area contributed by atoms with Gasteiger partial charge in [0.1, 0.15) is 18.4 Å². The minimum Gasteiger partial charge on any atom is -0.394 e. The zero-order valence-corrected chi connectivity index (χ0v) is 23.9. The number of hydrogen-bond acceptors (Lipinski definition) is 15. The van der Waals surface area contributed by atoms with Crippen LogP contribution in [0, 0.1) is 0 Å². The Morgan fingerprint density at radius 3 is 1.98 bits per heavy atom. The summed E-state index contributed by atoms with van der Waals surface area (Å²) in [5, 5.41) is 34.3. The SMILES string of the molecule is Nc1nc2c(ncn2[C@@H]2O[C@H](CO)C(NC(NC[C@H]3O[C@@H](n4cnc5c(=O)[nH]c(N)nc54)C[C@@H]3O)(C(F)(F)F)C(F)(F)F)[C@H]2O)c(=O)[nH]1. The number of alkyl halides is 6. The first-order valence-electron chi connectivity index (χ1n) is 13.8. The second-order valence-corrected chi connectivity index (χ2v) is 11.0. The number of nitrogens with two attached hydrogens (primary N) is 2. The van der Waals surface area contributed by atoms with Crippen LogP contribution in [0.4, 0.5) is 38.2 Å². The molecule has 0 amide bonds. The molecule has 19 nitrogen and oxygen atoms in total. The number of aromatic nitrogens is 8. The van der Waals surface area contributed by atoms with Crippen LogP contribution in [0.1, 0.15) is 18.9 Å². The van der Waals surface area contributed by atoms with Crippen molar-refractivity contribution in [3.8, 4) is 0 Å². The van der Waals surface area contributed by atoms with Crippen molar-refractivity contribution >= 4 is 34.2 Å². The molecule has 25 heteroatoms. The topological polar surface area (TPSA) is 282 Å². The van der Waals surface area contributed by atoms with Crippen molar-refractivity contribution in [1.29, 1.82) is 0 Å². The van der Waals surface area contributed by atoms with Crippen LogP contribution in [0.5, 0.6) is 0 Å². The quantitative estimate of drug-likeness (QED) is 0.0691. The number of aliphatic hydroxyl groups excluding tert-OH is 3. The predicted octanol–water partition coefficient (Wildman–Crippen LogP) is -2.32. The minimum atomic E-state index is -6.17. The van der Waals surface area contributed by atoms with E-state index in [1.54, 1.807) is 0 Å². The molecule has 0 aliphatic carbocycles. The van der Waals surface area contributed by atoms with Gasteiger partial charge in [0.2, 0.25) is 11.9 Å². The van der Waals surface area contributed by atoms with E-state index in [1.807, 2.05) is 0 Å². The number of ether oxygens (including phenoxy) is 2. The number of H-pyrrole nitrogens is 2. The first kappa shape index (κ1) is 33.5. The van der Waals surface area contributed by atoms with Crippen molar-refractivity contribution in [2.75, 3.05) is 24.6 Å². The van der Waals surface area contributed by atoms with Crippen LogP contribution < -0.4 is 33.2 Å². The fourth-order valence-corrected chi connectivity index (χ4v) is 5.74. The molecule has 2 aliphatic rings. The zero-order valence-electron chi connectivity index (χ0n) is 23.9. The number of halogens is 6. The Kier molecular flexibility index (Phi) is 8.12. The number of imidazole rings is 2. The molecule has 7 atom stereocenters. The van der Waals surface area contributed by atoms with E-state index in [-0.39, 0.29) is 34.7 Å². The summed E-state index contributed by atoms with van der Waals surface area (Å²) in [4.78, 5) is 44.0. The van der Waals surface area contributed by atoms with Crippen LogP contribution in [-0.2, 0) is 9.47 Å². The molecular formula is C23H26F6N12O7. The zero-order chi connectivity index (χ0) is 34.9. The van der Waals surface area contributed by atoms with Gasteiger partial charge in [-0.1, -0.05) is 0 Å². The van der Waals surface area contributed by atoms with Crippen LogP contribution in [0.3, 0.4) is 0 Å². The number of aromatic amines is 2. The van der Waals surface area contributed by atoms with Crippen molar-refractivity contribution in [3.63, 3.8) is 0 Å². The third-order valence-electron chi connectivity index (χ3n) is 8.05. The summed E-state index contributed by atoms with van der Waals surface area (Å²) in [6.45, 7) is -2.42. The molecule has 0 spiro atoms. The molecule has 6 heterocycles. The number of nitrogens with one attached hydrogen (secondary N) is 4. The summed E-state index contributed by atoms with van der Waals surface area (Å²) in [5.74, 6) is -0.727. The Morgan fingerprint density at radius 2 is 1.44 bits per heavy atom. The number of nitrogens with zero attached hydrogens (tertiary/aromatic N) is 6. The first-order chi connectivity index (χ1) is 22.5. The fraction of sp³-hybridized carbons (Fsp3) is 0.565. The van der Waals surface area contributed by atoms with E-state index in [0.717, 1.165) is 21.8 Å². The predicted molar refractivity (Wildman–Crippen MR) is 146 cm³/mol. The maximum atomic E-state index is 14.6. The second kappa shape index (κ2) is 11.6. The molecule has 4 aromatic rings. The highest BCUT2D eigenvalue weighted by Gasteiger charge is 2.73. The minimum absolute atomic E-state index is 0.114. The van der Waals surface area contributed by atoms with E-state index in [4.69, 9.17) is 20.9 Å². The van der Waals surface area contributed by atoms with Gasteiger partial charge in [-0.05, 0) is 0 Å². The molecule has 2 saturated heterocycles. The number of aliphatic hydroxyl groups is 3. The Bertz CT molecular complexity index is 1930. The van der Waals surface area contributed by atoms with E-state index in [1.165, 1.54) is 10.6 Å². The van der Waals surface area contributed by atoms with Gasteiger partial charge < -0.3 is 36.3 Å². The molecule has 2 aliphatic heterocycles.